The van der Waals surface area contributed by atoms with Crippen LogP contribution in [-0.2, 0) is 0 Å². The first-order valence-electron chi connectivity index (χ1n) is 5.97. The Labute approximate surface area is 120 Å². The highest BCUT2D eigenvalue weighted by molar-refractivity contribution is 7.07. The summed E-state index contributed by atoms with van der Waals surface area (Å²) in [6, 6.07) is 15.6. The van der Waals surface area contributed by atoms with Gasteiger partial charge in [-0.15, -0.1) is 0 Å². The average Bonchev–Trinajstić information content (AvgIpc) is 2.96. The highest BCUT2D eigenvalue weighted by atomic mass is 32.1. The zero-order valence-corrected chi connectivity index (χ0v) is 11.3. The Hall–Kier alpha value is -2.64. The Morgan fingerprint density at radius 2 is 2.05 bits per heavy atom. The lowest BCUT2D eigenvalue weighted by atomic mass is 10.00. The number of benzene rings is 2. The third kappa shape index (κ3) is 2.04. The molecule has 2 aromatic carbocycles. The molecule has 3 aromatic rings. The van der Waals surface area contributed by atoms with Gasteiger partial charge in [0.15, 0.2) is 0 Å². The molecule has 0 atom stereocenters. The number of fused-ring (bicyclic) bond motifs is 1. The average molecular weight is 278 g/mol. The first kappa shape index (κ1) is 12.4. The lowest BCUT2D eigenvalue weighted by molar-refractivity contribution is 0.516. The second-order valence-electron chi connectivity index (χ2n) is 4.38. The minimum atomic E-state index is 0.00930. The Balaban J connectivity index is 2.21. The van der Waals surface area contributed by atoms with E-state index < -0.39 is 0 Å². The van der Waals surface area contributed by atoms with Crippen LogP contribution < -0.4 is 0 Å². The number of rotatable bonds is 2. The zero-order chi connectivity index (χ0) is 14.1. The summed E-state index contributed by atoms with van der Waals surface area (Å²) in [5.41, 5.74) is 2.22. The molecule has 96 valence electrons. The quantitative estimate of drug-likeness (QED) is 0.708. The lowest BCUT2D eigenvalue weighted by Gasteiger charge is -2.03. The van der Waals surface area contributed by atoms with Gasteiger partial charge in [0.1, 0.15) is 5.76 Å². The third-order valence-corrected chi connectivity index (χ3v) is 3.91. The van der Waals surface area contributed by atoms with Gasteiger partial charge in [-0.25, -0.2) is 0 Å². The molecule has 1 N–H and O–H groups in total. The van der Waals surface area contributed by atoms with Gasteiger partial charge in [0.05, 0.1) is 22.2 Å². The van der Waals surface area contributed by atoms with Crippen LogP contribution in [0.2, 0.25) is 0 Å². The maximum Gasteiger partial charge on any atom is 0.127 e. The largest absolute Gasteiger partial charge is 0.507 e. The topological polar surface area (TPSA) is 56.9 Å². The van der Waals surface area contributed by atoms with Crippen molar-refractivity contribution in [1.29, 1.82) is 5.26 Å². The van der Waals surface area contributed by atoms with E-state index in [0.29, 0.717) is 10.4 Å². The maximum atomic E-state index is 9.38. The number of hydrogen-bond donors (Lipinski definition) is 1. The van der Waals surface area contributed by atoms with Gasteiger partial charge in [0, 0.05) is 5.56 Å². The minimum absolute atomic E-state index is 0.00930. The van der Waals surface area contributed by atoms with Crippen LogP contribution in [0.15, 0.2) is 49.0 Å². The molecule has 0 aliphatic rings. The predicted molar refractivity (Wildman–Crippen MR) is 81.4 cm³/mol. The summed E-state index contributed by atoms with van der Waals surface area (Å²) in [6.07, 6.45) is 0. The van der Waals surface area contributed by atoms with Crippen molar-refractivity contribution in [3.8, 4) is 17.3 Å². The fourth-order valence-electron chi connectivity index (χ4n) is 2.10. The first-order valence-corrected chi connectivity index (χ1v) is 6.74. The molecule has 0 bridgehead atoms. The normalized spacial score (nSPS) is 10.3. The van der Waals surface area contributed by atoms with Crippen LogP contribution in [-0.4, -0.2) is 9.48 Å². The van der Waals surface area contributed by atoms with Crippen LogP contribution in [0.1, 0.15) is 10.4 Å². The van der Waals surface area contributed by atoms with Crippen molar-refractivity contribution >= 4 is 28.1 Å². The van der Waals surface area contributed by atoms with Gasteiger partial charge >= 0.3 is 0 Å². The van der Waals surface area contributed by atoms with Crippen LogP contribution in [0.4, 0.5) is 0 Å². The number of aromatic nitrogens is 1. The molecule has 0 unspecified atom stereocenters. The zero-order valence-electron chi connectivity index (χ0n) is 10.5. The maximum absolute atomic E-state index is 9.38. The predicted octanol–water partition coefficient (Wildman–Crippen LogP) is 4.36. The summed E-state index contributed by atoms with van der Waals surface area (Å²) in [5, 5.41) is 20.6. The number of hydrogen-bond acceptors (Lipinski definition) is 4. The summed E-state index contributed by atoms with van der Waals surface area (Å²) in [6.45, 7) is 3.49. The van der Waals surface area contributed by atoms with E-state index in [0.717, 1.165) is 22.0 Å². The monoisotopic (exact) mass is 278 g/mol. The molecule has 0 saturated carbocycles. The molecule has 3 rings (SSSR count). The molecule has 0 amide bonds. The van der Waals surface area contributed by atoms with Crippen LogP contribution in [0, 0.1) is 11.3 Å². The first-order chi connectivity index (χ1) is 9.69. The second-order valence-corrected chi connectivity index (χ2v) is 5.18. The van der Waals surface area contributed by atoms with Crippen LogP contribution in [0.5, 0.6) is 0 Å². The third-order valence-electron chi connectivity index (χ3n) is 3.07. The van der Waals surface area contributed by atoms with Crippen molar-refractivity contribution in [1.82, 2.24) is 4.37 Å². The van der Waals surface area contributed by atoms with Gasteiger partial charge in [0.25, 0.3) is 0 Å². The Kier molecular flexibility index (Phi) is 2.97. The Bertz CT molecular complexity index is 858. The number of nitrogens with zero attached hydrogens (tertiary/aromatic N) is 2. The molecular formula is C16H10N2OS. The summed E-state index contributed by atoms with van der Waals surface area (Å²) >= 11 is 1.19. The lowest BCUT2D eigenvalue weighted by Crippen LogP contribution is -1.84. The molecule has 0 spiro atoms. The molecule has 0 saturated heterocycles. The van der Waals surface area contributed by atoms with Gasteiger partial charge in [-0.1, -0.05) is 30.8 Å². The van der Waals surface area contributed by atoms with Crippen molar-refractivity contribution in [2.24, 2.45) is 0 Å². The summed E-state index contributed by atoms with van der Waals surface area (Å²) in [7, 11) is 0. The van der Waals surface area contributed by atoms with Crippen molar-refractivity contribution in [2.45, 2.75) is 0 Å². The van der Waals surface area contributed by atoms with E-state index in [1.807, 2.05) is 36.4 Å². The van der Waals surface area contributed by atoms with Crippen molar-refractivity contribution in [2.75, 3.05) is 0 Å². The molecule has 3 nitrogen and oxygen atoms in total. The molecule has 1 heterocycles. The van der Waals surface area contributed by atoms with Gasteiger partial charge in [-0.3, -0.25) is 0 Å². The molecule has 0 aliphatic heterocycles. The van der Waals surface area contributed by atoms with Gasteiger partial charge in [-0.2, -0.15) is 9.64 Å². The molecule has 1 aromatic heterocycles. The standard InChI is InChI=1S/C16H10N2OS/c1-10(19)16-8-15(18-20-16)12-6-11-4-2-3-5-14(11)13(7-12)9-17/h2-8,19H,1H2. The summed E-state index contributed by atoms with van der Waals surface area (Å²) < 4.78 is 4.30. The van der Waals surface area contributed by atoms with E-state index in [4.69, 9.17) is 0 Å². The molecule has 0 fully saturated rings. The van der Waals surface area contributed by atoms with Crippen LogP contribution in [0.25, 0.3) is 27.8 Å². The Morgan fingerprint density at radius 1 is 1.25 bits per heavy atom. The highest BCUT2D eigenvalue weighted by Gasteiger charge is 2.09. The number of nitriles is 1. The summed E-state index contributed by atoms with van der Waals surface area (Å²) in [5.74, 6) is 0.00930. The molecule has 20 heavy (non-hydrogen) atoms. The SMILES string of the molecule is C=C(O)c1cc(-c2cc(C#N)c3ccccc3c2)ns1. The van der Waals surface area contributed by atoms with Crippen molar-refractivity contribution < 1.29 is 5.11 Å². The van der Waals surface area contributed by atoms with E-state index in [9.17, 15) is 10.4 Å². The van der Waals surface area contributed by atoms with E-state index in [-0.39, 0.29) is 5.76 Å². The fraction of sp³-hybridized carbons (Fsp3) is 0. The van der Waals surface area contributed by atoms with Crippen molar-refractivity contribution in [3.05, 3.63) is 59.5 Å². The second kappa shape index (κ2) is 4.80. The minimum Gasteiger partial charge on any atom is -0.507 e. The van der Waals surface area contributed by atoms with Crippen molar-refractivity contribution in [3.63, 3.8) is 0 Å². The molecule has 0 aliphatic carbocycles. The fourth-order valence-corrected chi connectivity index (χ4v) is 2.72. The van der Waals surface area contributed by atoms with Gasteiger partial charge < -0.3 is 5.11 Å². The van der Waals surface area contributed by atoms with E-state index in [2.05, 4.69) is 17.0 Å². The van der Waals surface area contributed by atoms with E-state index >= 15 is 0 Å². The number of aliphatic hydroxyl groups is 1. The van der Waals surface area contributed by atoms with E-state index in [1.165, 1.54) is 11.5 Å². The smallest absolute Gasteiger partial charge is 0.127 e. The van der Waals surface area contributed by atoms with E-state index in [1.54, 1.807) is 6.07 Å². The Morgan fingerprint density at radius 3 is 2.75 bits per heavy atom. The summed E-state index contributed by atoms with van der Waals surface area (Å²) in [4.78, 5) is 0.631. The van der Waals surface area contributed by atoms with Crippen LogP contribution in [0.3, 0.4) is 0 Å². The van der Waals surface area contributed by atoms with Crippen LogP contribution >= 0.6 is 11.5 Å². The molecule has 4 heteroatoms. The van der Waals surface area contributed by atoms with Gasteiger partial charge in [0.2, 0.25) is 0 Å². The molecule has 0 radical (unpaired) electrons. The highest BCUT2D eigenvalue weighted by Crippen LogP contribution is 2.29. The molecular weight excluding hydrogens is 268 g/mol. The number of aliphatic hydroxyl groups excluding tert-OH is 1. The van der Waals surface area contributed by atoms with Gasteiger partial charge in [-0.05, 0) is 40.5 Å².